The maximum absolute atomic E-state index is 13.3. The summed E-state index contributed by atoms with van der Waals surface area (Å²) in [7, 11) is 0. The maximum Gasteiger partial charge on any atom is 0.417 e. The van der Waals surface area contributed by atoms with Crippen LogP contribution in [0.1, 0.15) is 5.56 Å². The average molecular weight is 326 g/mol. The predicted octanol–water partition coefficient (Wildman–Crippen LogP) is 6.79. The van der Waals surface area contributed by atoms with Crippen molar-refractivity contribution < 1.29 is 13.2 Å². The number of rotatable bonds is 3. The van der Waals surface area contributed by atoms with Crippen LogP contribution < -0.4 is 0 Å². The lowest BCUT2D eigenvalue weighted by molar-refractivity contribution is -0.137. The second kappa shape index (κ2) is 6.66. The molecule has 120 valence electrons. The van der Waals surface area contributed by atoms with Gasteiger partial charge in [0.1, 0.15) is 0 Å². The van der Waals surface area contributed by atoms with Crippen LogP contribution in [0, 0.1) is 0 Å². The predicted molar refractivity (Wildman–Crippen MR) is 87.5 cm³/mol. The van der Waals surface area contributed by atoms with Crippen LogP contribution in [0.4, 0.5) is 24.5 Å². The van der Waals surface area contributed by atoms with Crippen LogP contribution in [0.15, 0.2) is 89.1 Å². The van der Waals surface area contributed by atoms with Crippen molar-refractivity contribution in [2.45, 2.75) is 6.18 Å². The third kappa shape index (κ3) is 3.68. The Morgan fingerprint density at radius 1 is 0.625 bits per heavy atom. The zero-order chi connectivity index (χ0) is 17.0. The summed E-state index contributed by atoms with van der Waals surface area (Å²) in [6, 6.07) is 21.2. The van der Waals surface area contributed by atoms with Gasteiger partial charge in [-0.25, -0.2) is 0 Å². The third-order valence-corrected chi connectivity index (χ3v) is 3.43. The second-order valence-electron chi connectivity index (χ2n) is 5.13. The second-order valence-corrected chi connectivity index (χ2v) is 5.13. The fraction of sp³-hybridized carbons (Fsp3) is 0.0526. The molecule has 0 fully saturated rings. The number of benzene rings is 3. The number of nitrogens with zero attached hydrogens (tertiary/aromatic N) is 2. The first kappa shape index (κ1) is 15.9. The quantitative estimate of drug-likeness (QED) is 0.473. The van der Waals surface area contributed by atoms with Crippen LogP contribution in [0.2, 0.25) is 0 Å². The largest absolute Gasteiger partial charge is 0.417 e. The fourth-order valence-electron chi connectivity index (χ4n) is 2.31. The molecule has 0 amide bonds. The minimum Gasteiger partial charge on any atom is -0.166 e. The van der Waals surface area contributed by atoms with Crippen LogP contribution in [0.5, 0.6) is 0 Å². The standard InChI is InChI=1S/C19H13F3N2/c20-19(21,22)18-12-11-16(24-23-15-9-5-2-6-10-15)13-17(18)14-7-3-1-4-8-14/h1-13H. The SMILES string of the molecule is FC(F)(F)c1ccc(N=Nc2ccccc2)cc1-c1ccccc1. The lowest BCUT2D eigenvalue weighted by Gasteiger charge is -2.13. The van der Waals surface area contributed by atoms with Gasteiger partial charge < -0.3 is 0 Å². The Balaban J connectivity index is 2.03. The Hall–Kier alpha value is -2.95. The first-order valence-corrected chi connectivity index (χ1v) is 7.27. The monoisotopic (exact) mass is 326 g/mol. The molecule has 0 spiro atoms. The zero-order valence-electron chi connectivity index (χ0n) is 12.5. The van der Waals surface area contributed by atoms with E-state index in [1.807, 2.05) is 18.2 Å². The van der Waals surface area contributed by atoms with Crippen molar-refractivity contribution in [2.24, 2.45) is 10.2 Å². The molecular weight excluding hydrogens is 313 g/mol. The molecule has 0 saturated heterocycles. The van der Waals surface area contributed by atoms with E-state index in [2.05, 4.69) is 10.2 Å². The van der Waals surface area contributed by atoms with Gasteiger partial charge in [0.2, 0.25) is 0 Å². The van der Waals surface area contributed by atoms with E-state index in [0.717, 1.165) is 6.07 Å². The molecular formula is C19H13F3N2. The van der Waals surface area contributed by atoms with Gasteiger partial charge in [-0.1, -0.05) is 48.5 Å². The molecule has 0 aliphatic heterocycles. The van der Waals surface area contributed by atoms with Crippen LogP contribution in [-0.2, 0) is 6.18 Å². The molecule has 0 aliphatic carbocycles. The Morgan fingerprint density at radius 2 is 1.21 bits per heavy atom. The highest BCUT2D eigenvalue weighted by molar-refractivity contribution is 5.71. The zero-order valence-corrected chi connectivity index (χ0v) is 12.5. The van der Waals surface area contributed by atoms with E-state index in [0.29, 0.717) is 16.9 Å². The first-order valence-electron chi connectivity index (χ1n) is 7.27. The normalized spacial score (nSPS) is 11.8. The summed E-state index contributed by atoms with van der Waals surface area (Å²) >= 11 is 0. The Labute approximate surface area is 137 Å². The topological polar surface area (TPSA) is 24.7 Å². The molecule has 3 rings (SSSR count). The van der Waals surface area contributed by atoms with E-state index in [-0.39, 0.29) is 5.56 Å². The van der Waals surface area contributed by atoms with Crippen molar-refractivity contribution in [1.82, 2.24) is 0 Å². The Kier molecular flexibility index (Phi) is 4.42. The third-order valence-electron chi connectivity index (χ3n) is 3.43. The minimum atomic E-state index is -4.43. The lowest BCUT2D eigenvalue weighted by Crippen LogP contribution is -2.06. The van der Waals surface area contributed by atoms with Crippen molar-refractivity contribution in [2.75, 3.05) is 0 Å². The van der Waals surface area contributed by atoms with Gasteiger partial charge in [0.15, 0.2) is 0 Å². The molecule has 24 heavy (non-hydrogen) atoms. The van der Waals surface area contributed by atoms with Crippen molar-refractivity contribution in [3.05, 3.63) is 84.4 Å². The molecule has 0 unspecified atom stereocenters. The number of hydrogen-bond acceptors (Lipinski definition) is 2. The van der Waals surface area contributed by atoms with Crippen molar-refractivity contribution in [1.29, 1.82) is 0 Å². The number of alkyl halides is 3. The van der Waals surface area contributed by atoms with Gasteiger partial charge in [-0.15, -0.1) is 0 Å². The van der Waals surface area contributed by atoms with Crippen LogP contribution in [0.25, 0.3) is 11.1 Å². The number of hydrogen-bond donors (Lipinski definition) is 0. The molecule has 0 aliphatic rings. The van der Waals surface area contributed by atoms with Gasteiger partial charge >= 0.3 is 6.18 Å². The summed E-state index contributed by atoms with van der Waals surface area (Å²) in [5.74, 6) is 0. The summed E-state index contributed by atoms with van der Waals surface area (Å²) in [4.78, 5) is 0. The molecule has 0 bridgehead atoms. The average Bonchev–Trinajstić information content (AvgIpc) is 2.60. The van der Waals surface area contributed by atoms with Crippen LogP contribution in [-0.4, -0.2) is 0 Å². The smallest absolute Gasteiger partial charge is 0.166 e. The summed E-state index contributed by atoms with van der Waals surface area (Å²) in [5.41, 5.74) is 0.894. The molecule has 2 nitrogen and oxygen atoms in total. The van der Waals surface area contributed by atoms with Crippen molar-refractivity contribution >= 4 is 11.4 Å². The fourth-order valence-corrected chi connectivity index (χ4v) is 2.31. The van der Waals surface area contributed by atoms with E-state index < -0.39 is 11.7 Å². The summed E-state index contributed by atoms with van der Waals surface area (Å²) in [5, 5.41) is 8.09. The number of azo groups is 1. The highest BCUT2D eigenvalue weighted by Crippen LogP contribution is 2.39. The van der Waals surface area contributed by atoms with E-state index >= 15 is 0 Å². The molecule has 0 atom stereocenters. The molecule has 0 heterocycles. The van der Waals surface area contributed by atoms with Gasteiger partial charge in [0.05, 0.1) is 16.9 Å². The van der Waals surface area contributed by atoms with Crippen LogP contribution >= 0.6 is 0 Å². The molecule has 0 aromatic heterocycles. The van der Waals surface area contributed by atoms with Gasteiger partial charge in [0, 0.05) is 0 Å². The van der Waals surface area contributed by atoms with Crippen molar-refractivity contribution in [3.8, 4) is 11.1 Å². The van der Waals surface area contributed by atoms with E-state index in [9.17, 15) is 13.2 Å². The first-order chi connectivity index (χ1) is 11.5. The molecule has 0 N–H and O–H groups in total. The molecule has 3 aromatic rings. The van der Waals surface area contributed by atoms with Gasteiger partial charge in [-0.3, -0.25) is 0 Å². The highest BCUT2D eigenvalue weighted by atomic mass is 19.4. The highest BCUT2D eigenvalue weighted by Gasteiger charge is 2.33. The van der Waals surface area contributed by atoms with Gasteiger partial charge in [-0.2, -0.15) is 23.4 Å². The maximum atomic E-state index is 13.3. The molecule has 5 heteroatoms. The summed E-state index contributed by atoms with van der Waals surface area (Å²) < 4.78 is 39.8. The van der Waals surface area contributed by atoms with E-state index in [1.165, 1.54) is 12.1 Å². The van der Waals surface area contributed by atoms with Gasteiger partial charge in [0.25, 0.3) is 0 Å². The van der Waals surface area contributed by atoms with Crippen molar-refractivity contribution in [3.63, 3.8) is 0 Å². The summed E-state index contributed by atoms with van der Waals surface area (Å²) in [6.07, 6.45) is -4.43. The Morgan fingerprint density at radius 3 is 1.83 bits per heavy atom. The molecule has 0 radical (unpaired) electrons. The van der Waals surface area contributed by atoms with Crippen LogP contribution in [0.3, 0.4) is 0 Å². The van der Waals surface area contributed by atoms with E-state index in [1.54, 1.807) is 42.5 Å². The molecule has 3 aromatic carbocycles. The van der Waals surface area contributed by atoms with Gasteiger partial charge in [-0.05, 0) is 41.5 Å². The minimum absolute atomic E-state index is 0.0904. The lowest BCUT2D eigenvalue weighted by atomic mass is 9.98. The van der Waals surface area contributed by atoms with E-state index in [4.69, 9.17) is 0 Å². The molecule has 0 saturated carbocycles. The number of halogens is 3. The summed E-state index contributed by atoms with van der Waals surface area (Å²) in [6.45, 7) is 0. The Bertz CT molecular complexity index is 841.